The van der Waals surface area contributed by atoms with Crippen LogP contribution in [0.4, 0.5) is 11.6 Å². The molecule has 1 heterocycles. The van der Waals surface area contributed by atoms with Gasteiger partial charge in [-0.25, -0.2) is 9.97 Å². The Bertz CT molecular complexity index is 347. The fourth-order valence-electron chi connectivity index (χ4n) is 1.37. The van der Waals surface area contributed by atoms with Gasteiger partial charge in [-0.1, -0.05) is 0 Å². The minimum Gasteiger partial charge on any atom is -0.380 e. The van der Waals surface area contributed by atoms with Crippen LogP contribution in [0.3, 0.4) is 0 Å². The molecule has 18 heavy (non-hydrogen) atoms. The average Bonchev–Trinajstić information content (AvgIpc) is 2.41. The van der Waals surface area contributed by atoms with Gasteiger partial charge < -0.3 is 20.1 Å². The van der Waals surface area contributed by atoms with Crippen molar-refractivity contribution in [3.63, 3.8) is 0 Å². The Labute approximate surface area is 108 Å². The number of nitrogens with one attached hydrogen (secondary N) is 2. The maximum Gasteiger partial charge on any atom is 0.158 e. The molecule has 0 saturated heterocycles. The Morgan fingerprint density at radius 2 is 1.83 bits per heavy atom. The van der Waals surface area contributed by atoms with Crippen LogP contribution < -0.4 is 10.6 Å². The van der Waals surface area contributed by atoms with E-state index >= 15 is 0 Å². The third-order valence-corrected chi connectivity index (χ3v) is 2.22. The van der Waals surface area contributed by atoms with Crippen molar-refractivity contribution in [3.05, 3.63) is 11.9 Å². The molecule has 0 aromatic carbocycles. The van der Waals surface area contributed by atoms with Crippen LogP contribution in [-0.4, -0.2) is 43.4 Å². The second-order valence-electron chi connectivity index (χ2n) is 3.57. The van der Waals surface area contributed by atoms with Gasteiger partial charge in [0.2, 0.25) is 0 Å². The molecule has 0 aliphatic carbocycles. The van der Waals surface area contributed by atoms with Gasteiger partial charge in [0.05, 0.1) is 6.61 Å². The zero-order valence-electron chi connectivity index (χ0n) is 11.3. The first-order valence-electron chi connectivity index (χ1n) is 6.25. The van der Waals surface area contributed by atoms with Gasteiger partial charge in [-0.3, -0.25) is 0 Å². The van der Waals surface area contributed by atoms with Crippen molar-refractivity contribution in [1.82, 2.24) is 9.97 Å². The standard InChI is InChI=1S/C12H22N4O2/c1-4-17-7-6-14-11-8-10(13-3)15-12(16-11)9-18-5-2/h8H,4-7,9H2,1-3H3,(H2,13,14,15,16). The molecule has 1 rings (SSSR count). The van der Waals surface area contributed by atoms with E-state index in [9.17, 15) is 0 Å². The largest absolute Gasteiger partial charge is 0.380 e. The molecule has 0 radical (unpaired) electrons. The van der Waals surface area contributed by atoms with Crippen molar-refractivity contribution >= 4 is 11.6 Å². The van der Waals surface area contributed by atoms with Crippen LogP contribution in [0, 0.1) is 0 Å². The zero-order valence-corrected chi connectivity index (χ0v) is 11.3. The summed E-state index contributed by atoms with van der Waals surface area (Å²) in [5, 5.41) is 6.21. The van der Waals surface area contributed by atoms with Gasteiger partial charge in [-0.15, -0.1) is 0 Å². The van der Waals surface area contributed by atoms with Crippen LogP contribution in [0.1, 0.15) is 19.7 Å². The molecule has 0 amide bonds. The summed E-state index contributed by atoms with van der Waals surface area (Å²) in [6, 6.07) is 1.86. The van der Waals surface area contributed by atoms with Gasteiger partial charge in [0.1, 0.15) is 18.2 Å². The second kappa shape index (κ2) is 8.66. The minimum absolute atomic E-state index is 0.423. The number of hydrogen-bond acceptors (Lipinski definition) is 6. The monoisotopic (exact) mass is 254 g/mol. The number of rotatable bonds is 9. The Hall–Kier alpha value is -1.40. The highest BCUT2D eigenvalue weighted by Crippen LogP contribution is 2.11. The van der Waals surface area contributed by atoms with Crippen LogP contribution in [0.2, 0.25) is 0 Å². The summed E-state index contributed by atoms with van der Waals surface area (Å²) in [5.74, 6) is 2.23. The van der Waals surface area contributed by atoms with E-state index in [4.69, 9.17) is 9.47 Å². The average molecular weight is 254 g/mol. The molecule has 0 atom stereocenters. The topological polar surface area (TPSA) is 68.3 Å². The lowest BCUT2D eigenvalue weighted by molar-refractivity contribution is 0.128. The maximum atomic E-state index is 5.31. The van der Waals surface area contributed by atoms with Gasteiger partial charge in [-0.2, -0.15) is 0 Å². The molecule has 0 saturated carbocycles. The van der Waals surface area contributed by atoms with Gasteiger partial charge in [-0.05, 0) is 13.8 Å². The van der Waals surface area contributed by atoms with Crippen LogP contribution in [0.15, 0.2) is 6.07 Å². The summed E-state index contributed by atoms with van der Waals surface area (Å²) in [7, 11) is 1.83. The minimum atomic E-state index is 0.423. The first-order valence-corrected chi connectivity index (χ1v) is 6.25. The predicted octanol–water partition coefficient (Wildman–Crippen LogP) is 1.50. The molecule has 0 fully saturated rings. The van der Waals surface area contributed by atoms with Gasteiger partial charge >= 0.3 is 0 Å². The van der Waals surface area contributed by atoms with Crippen LogP contribution in [-0.2, 0) is 16.1 Å². The summed E-state index contributed by atoms with van der Waals surface area (Å²) in [4.78, 5) is 8.69. The number of ether oxygens (including phenoxy) is 2. The van der Waals surface area contributed by atoms with Crippen molar-refractivity contribution in [2.45, 2.75) is 20.5 Å². The smallest absolute Gasteiger partial charge is 0.158 e. The predicted molar refractivity (Wildman–Crippen MR) is 71.9 cm³/mol. The third-order valence-electron chi connectivity index (χ3n) is 2.22. The normalized spacial score (nSPS) is 10.4. The molecular formula is C12H22N4O2. The number of nitrogens with zero attached hydrogens (tertiary/aromatic N) is 2. The van der Waals surface area contributed by atoms with E-state index in [0.29, 0.717) is 25.6 Å². The van der Waals surface area contributed by atoms with Gasteiger partial charge in [0, 0.05) is 32.9 Å². The number of aromatic nitrogens is 2. The summed E-state index contributed by atoms with van der Waals surface area (Å²) in [6.45, 7) is 7.11. The Morgan fingerprint density at radius 3 is 2.50 bits per heavy atom. The summed E-state index contributed by atoms with van der Waals surface area (Å²) in [6.07, 6.45) is 0. The van der Waals surface area contributed by atoms with E-state index in [1.54, 1.807) is 0 Å². The molecule has 1 aromatic heterocycles. The fraction of sp³-hybridized carbons (Fsp3) is 0.667. The first kappa shape index (κ1) is 14.7. The van der Waals surface area contributed by atoms with Crippen molar-refractivity contribution in [2.24, 2.45) is 0 Å². The van der Waals surface area contributed by atoms with Crippen LogP contribution >= 0.6 is 0 Å². The molecule has 102 valence electrons. The highest BCUT2D eigenvalue weighted by Gasteiger charge is 2.03. The zero-order chi connectivity index (χ0) is 13.2. The lowest BCUT2D eigenvalue weighted by Gasteiger charge is -2.09. The molecule has 2 N–H and O–H groups in total. The Morgan fingerprint density at radius 1 is 1.11 bits per heavy atom. The summed E-state index contributed by atoms with van der Waals surface area (Å²) >= 11 is 0. The third kappa shape index (κ3) is 5.29. The highest BCUT2D eigenvalue weighted by molar-refractivity contribution is 5.47. The molecule has 0 unspecified atom stereocenters. The fourth-order valence-corrected chi connectivity index (χ4v) is 1.37. The van der Waals surface area contributed by atoms with E-state index in [-0.39, 0.29) is 0 Å². The molecule has 0 aliphatic heterocycles. The lowest BCUT2D eigenvalue weighted by atomic mass is 10.4. The molecular weight excluding hydrogens is 232 g/mol. The first-order chi connectivity index (χ1) is 8.80. The van der Waals surface area contributed by atoms with E-state index in [0.717, 1.165) is 24.8 Å². The molecule has 1 aromatic rings. The van der Waals surface area contributed by atoms with Crippen molar-refractivity contribution in [1.29, 1.82) is 0 Å². The molecule has 0 spiro atoms. The lowest BCUT2D eigenvalue weighted by Crippen LogP contribution is -2.12. The summed E-state index contributed by atoms with van der Waals surface area (Å²) in [5.41, 5.74) is 0. The Balaban J connectivity index is 2.58. The molecule has 0 aliphatic rings. The van der Waals surface area contributed by atoms with E-state index < -0.39 is 0 Å². The van der Waals surface area contributed by atoms with Crippen molar-refractivity contribution < 1.29 is 9.47 Å². The highest BCUT2D eigenvalue weighted by atomic mass is 16.5. The number of hydrogen-bond donors (Lipinski definition) is 2. The van der Waals surface area contributed by atoms with Crippen molar-refractivity contribution in [3.8, 4) is 0 Å². The Kier molecular flexibility index (Phi) is 7.05. The number of anilines is 2. The van der Waals surface area contributed by atoms with E-state index in [1.165, 1.54) is 0 Å². The van der Waals surface area contributed by atoms with Crippen LogP contribution in [0.5, 0.6) is 0 Å². The SMILES string of the molecule is CCOCCNc1cc(NC)nc(COCC)n1. The molecule has 0 bridgehead atoms. The van der Waals surface area contributed by atoms with E-state index in [2.05, 4.69) is 20.6 Å². The quantitative estimate of drug-likeness (QED) is 0.651. The summed E-state index contributed by atoms with van der Waals surface area (Å²) < 4.78 is 10.6. The van der Waals surface area contributed by atoms with Crippen molar-refractivity contribution in [2.75, 3.05) is 44.0 Å². The molecule has 6 heteroatoms. The van der Waals surface area contributed by atoms with E-state index in [1.807, 2.05) is 27.0 Å². The second-order valence-corrected chi connectivity index (χ2v) is 3.57. The molecule has 6 nitrogen and oxygen atoms in total. The van der Waals surface area contributed by atoms with Gasteiger partial charge in [0.25, 0.3) is 0 Å². The van der Waals surface area contributed by atoms with Crippen LogP contribution in [0.25, 0.3) is 0 Å². The maximum absolute atomic E-state index is 5.31. The van der Waals surface area contributed by atoms with Gasteiger partial charge in [0.15, 0.2) is 5.82 Å².